The molecule has 0 spiro atoms. The molecule has 4 nitrogen and oxygen atoms in total. The molecule has 1 aromatic rings. The summed E-state index contributed by atoms with van der Waals surface area (Å²) in [6.07, 6.45) is 4.63. The van der Waals surface area contributed by atoms with Gasteiger partial charge in [-0.3, -0.25) is 0 Å². The Bertz CT molecular complexity index is 341. The van der Waals surface area contributed by atoms with Crippen LogP contribution in [0.25, 0.3) is 0 Å². The maximum atomic E-state index is 4.16. The highest BCUT2D eigenvalue weighted by Crippen LogP contribution is 2.16. The topological polar surface area (TPSA) is 41.0 Å². The van der Waals surface area contributed by atoms with Crippen molar-refractivity contribution in [2.75, 3.05) is 38.3 Å². The van der Waals surface area contributed by atoms with Crippen LogP contribution in [0.3, 0.4) is 0 Å². The largest absolute Gasteiger partial charge is 0.368 e. The number of piperidine rings is 1. The molecule has 94 valence electrons. The molecule has 5 heteroatoms. The summed E-state index contributed by atoms with van der Waals surface area (Å²) >= 11 is 1.62. The maximum absolute atomic E-state index is 4.16. The second-order valence-electron chi connectivity index (χ2n) is 4.61. The molecule has 1 fully saturated rings. The van der Waals surface area contributed by atoms with E-state index in [2.05, 4.69) is 27.5 Å². The molecule has 0 amide bonds. The molecule has 0 radical (unpaired) electrons. The molecule has 1 aliphatic heterocycles. The van der Waals surface area contributed by atoms with E-state index in [1.54, 1.807) is 11.8 Å². The zero-order valence-corrected chi connectivity index (χ0v) is 11.3. The van der Waals surface area contributed by atoms with Crippen molar-refractivity contribution in [3.8, 4) is 0 Å². The van der Waals surface area contributed by atoms with Crippen LogP contribution >= 0.6 is 11.8 Å². The van der Waals surface area contributed by atoms with Gasteiger partial charge in [0.2, 0.25) is 0 Å². The highest BCUT2D eigenvalue weighted by Gasteiger charge is 2.16. The van der Waals surface area contributed by atoms with Gasteiger partial charge < -0.3 is 10.2 Å². The van der Waals surface area contributed by atoms with Crippen molar-refractivity contribution < 1.29 is 0 Å². The second-order valence-corrected chi connectivity index (χ2v) is 5.44. The van der Waals surface area contributed by atoms with Crippen LogP contribution in [0.15, 0.2) is 17.2 Å². The van der Waals surface area contributed by atoms with E-state index in [1.165, 1.54) is 25.9 Å². The molecule has 1 N–H and O–H groups in total. The summed E-state index contributed by atoms with van der Waals surface area (Å²) in [5.74, 6) is 1.62. The highest BCUT2D eigenvalue weighted by molar-refractivity contribution is 7.98. The third-order valence-corrected chi connectivity index (χ3v) is 3.78. The molecule has 1 atom stereocenters. The number of nitrogens with zero attached hydrogens (tertiary/aromatic N) is 3. The summed E-state index contributed by atoms with van der Waals surface area (Å²) in [6.45, 7) is 3.42. The number of aromatic nitrogens is 2. The molecule has 2 heterocycles. The van der Waals surface area contributed by atoms with E-state index < -0.39 is 0 Å². The Labute approximate surface area is 107 Å². The van der Waals surface area contributed by atoms with Crippen molar-refractivity contribution in [1.82, 2.24) is 15.1 Å². The van der Waals surface area contributed by atoms with Gasteiger partial charge >= 0.3 is 0 Å². The van der Waals surface area contributed by atoms with Crippen LogP contribution < -0.4 is 5.32 Å². The van der Waals surface area contributed by atoms with Crippen LogP contribution in [0.4, 0.5) is 5.82 Å². The minimum absolute atomic E-state index is 0.732. The zero-order chi connectivity index (χ0) is 12.1. The number of nitrogens with one attached hydrogen (secondary N) is 1. The van der Waals surface area contributed by atoms with Gasteiger partial charge in [-0.2, -0.15) is 0 Å². The maximum Gasteiger partial charge on any atom is 0.148 e. The first-order valence-electron chi connectivity index (χ1n) is 6.08. The monoisotopic (exact) mass is 252 g/mol. The van der Waals surface area contributed by atoms with E-state index in [4.69, 9.17) is 0 Å². The first-order valence-corrected chi connectivity index (χ1v) is 7.30. The first-order chi connectivity index (χ1) is 8.28. The fourth-order valence-electron chi connectivity index (χ4n) is 2.21. The van der Waals surface area contributed by atoms with E-state index in [9.17, 15) is 0 Å². The van der Waals surface area contributed by atoms with Crippen molar-refractivity contribution in [1.29, 1.82) is 0 Å². The van der Waals surface area contributed by atoms with Crippen LogP contribution in [0.1, 0.15) is 12.8 Å². The van der Waals surface area contributed by atoms with Gasteiger partial charge in [0, 0.05) is 13.1 Å². The lowest BCUT2D eigenvalue weighted by atomic mass is 9.98. The van der Waals surface area contributed by atoms with Crippen LogP contribution in [0, 0.1) is 5.92 Å². The van der Waals surface area contributed by atoms with E-state index in [-0.39, 0.29) is 0 Å². The van der Waals surface area contributed by atoms with Crippen molar-refractivity contribution >= 4 is 17.6 Å². The normalized spacial score (nSPS) is 21.4. The first kappa shape index (κ1) is 12.6. The molecule has 17 heavy (non-hydrogen) atoms. The molecule has 0 aliphatic carbocycles. The van der Waals surface area contributed by atoms with E-state index >= 15 is 0 Å². The SMILES string of the molecule is CSc1ccc(NCC2CCCN(C)C2)nn1. The molecule has 1 unspecified atom stereocenters. The molecule has 0 bridgehead atoms. The average molecular weight is 252 g/mol. The number of thioether (sulfide) groups is 1. The molecular weight excluding hydrogens is 232 g/mol. The molecular formula is C12H20N4S. The smallest absolute Gasteiger partial charge is 0.148 e. The summed E-state index contributed by atoms with van der Waals surface area (Å²) in [5.41, 5.74) is 0. The van der Waals surface area contributed by atoms with Crippen LogP contribution in [-0.2, 0) is 0 Å². The Morgan fingerprint density at radius 2 is 2.35 bits per heavy atom. The molecule has 1 saturated heterocycles. The van der Waals surface area contributed by atoms with Crippen molar-refractivity contribution in [3.63, 3.8) is 0 Å². The van der Waals surface area contributed by atoms with Crippen LogP contribution in [-0.4, -0.2) is 48.0 Å². The summed E-state index contributed by atoms with van der Waals surface area (Å²) < 4.78 is 0. The van der Waals surface area contributed by atoms with Gasteiger partial charge in [-0.25, -0.2) is 0 Å². The zero-order valence-electron chi connectivity index (χ0n) is 10.5. The summed E-state index contributed by atoms with van der Waals surface area (Å²) in [7, 11) is 2.19. The van der Waals surface area contributed by atoms with Gasteiger partial charge in [0.1, 0.15) is 10.8 Å². The summed E-state index contributed by atoms with van der Waals surface area (Å²) in [6, 6.07) is 4.01. The Morgan fingerprint density at radius 1 is 1.47 bits per heavy atom. The summed E-state index contributed by atoms with van der Waals surface area (Å²) in [4.78, 5) is 2.40. The van der Waals surface area contributed by atoms with Crippen molar-refractivity contribution in [2.24, 2.45) is 5.92 Å². The minimum Gasteiger partial charge on any atom is -0.368 e. The van der Waals surface area contributed by atoms with Crippen molar-refractivity contribution in [2.45, 2.75) is 17.9 Å². The number of hydrogen-bond donors (Lipinski definition) is 1. The van der Waals surface area contributed by atoms with Crippen molar-refractivity contribution in [3.05, 3.63) is 12.1 Å². The van der Waals surface area contributed by atoms with Crippen LogP contribution in [0.5, 0.6) is 0 Å². The lowest BCUT2D eigenvalue weighted by Gasteiger charge is -2.29. The molecule has 1 aromatic heterocycles. The predicted molar refractivity (Wildman–Crippen MR) is 72.5 cm³/mol. The molecule has 1 aliphatic rings. The second kappa shape index (κ2) is 6.21. The minimum atomic E-state index is 0.732. The standard InChI is InChI=1S/C12H20N4S/c1-16-7-3-4-10(9-16)8-13-11-5-6-12(17-2)15-14-11/h5-6,10H,3-4,7-9H2,1-2H3,(H,13,14). The quantitative estimate of drug-likeness (QED) is 0.830. The predicted octanol–water partition coefficient (Wildman–Crippen LogP) is 1.95. The Morgan fingerprint density at radius 3 is 3.00 bits per heavy atom. The lowest BCUT2D eigenvalue weighted by molar-refractivity contribution is 0.217. The summed E-state index contributed by atoms with van der Waals surface area (Å²) in [5, 5.41) is 12.6. The van der Waals surface area contributed by atoms with E-state index in [0.29, 0.717) is 0 Å². The van der Waals surface area contributed by atoms with Gasteiger partial charge in [-0.05, 0) is 50.7 Å². The third-order valence-electron chi connectivity index (χ3n) is 3.14. The Hall–Kier alpha value is -0.810. The van der Waals surface area contributed by atoms with Gasteiger partial charge in [0.15, 0.2) is 0 Å². The van der Waals surface area contributed by atoms with Gasteiger partial charge in [-0.1, -0.05) is 0 Å². The van der Waals surface area contributed by atoms with Gasteiger partial charge in [-0.15, -0.1) is 22.0 Å². The van der Waals surface area contributed by atoms with Crippen LogP contribution in [0.2, 0.25) is 0 Å². The fraction of sp³-hybridized carbons (Fsp3) is 0.667. The number of hydrogen-bond acceptors (Lipinski definition) is 5. The fourth-order valence-corrected chi connectivity index (χ4v) is 2.54. The van der Waals surface area contributed by atoms with E-state index in [1.807, 2.05) is 18.4 Å². The Balaban J connectivity index is 1.80. The third kappa shape index (κ3) is 3.85. The molecule has 0 saturated carbocycles. The van der Waals surface area contributed by atoms with E-state index in [0.717, 1.165) is 23.3 Å². The average Bonchev–Trinajstić information content (AvgIpc) is 2.37. The Kier molecular flexibility index (Phi) is 4.62. The molecule has 0 aromatic carbocycles. The number of likely N-dealkylation sites (tertiary alicyclic amines) is 1. The highest BCUT2D eigenvalue weighted by atomic mass is 32.2. The number of anilines is 1. The van der Waals surface area contributed by atoms with Gasteiger partial charge in [0.25, 0.3) is 0 Å². The molecule has 2 rings (SSSR count). The lowest BCUT2D eigenvalue weighted by Crippen LogP contribution is -2.35. The van der Waals surface area contributed by atoms with Gasteiger partial charge in [0.05, 0.1) is 0 Å². The number of rotatable bonds is 4.